The predicted molar refractivity (Wildman–Crippen MR) is 105 cm³/mol. The number of nitrogens with zero attached hydrogens (tertiary/aromatic N) is 2. The Hall–Kier alpha value is -2.92. The molecule has 2 aromatic carbocycles. The van der Waals surface area contributed by atoms with Crippen LogP contribution in [0.4, 0.5) is 0 Å². The van der Waals surface area contributed by atoms with Gasteiger partial charge >= 0.3 is 0 Å². The van der Waals surface area contributed by atoms with Gasteiger partial charge in [-0.1, -0.05) is 12.1 Å². The third-order valence-electron chi connectivity index (χ3n) is 4.68. The number of aryl methyl sites for hydroxylation is 2. The molecule has 0 N–H and O–H groups in total. The lowest BCUT2D eigenvalue weighted by molar-refractivity contribution is 0.111. The highest BCUT2D eigenvalue weighted by Crippen LogP contribution is 2.33. The zero-order chi connectivity index (χ0) is 18.3. The molecule has 0 atom stereocenters. The van der Waals surface area contributed by atoms with E-state index >= 15 is 0 Å². The van der Waals surface area contributed by atoms with Crippen molar-refractivity contribution in [3.63, 3.8) is 0 Å². The number of hydrogen-bond acceptors (Lipinski definition) is 4. The summed E-state index contributed by atoms with van der Waals surface area (Å²) in [5.74, 6) is 0.776. The molecule has 0 aliphatic carbocycles. The molecule has 5 heteroatoms. The second-order valence-corrected chi connectivity index (χ2v) is 7.07. The van der Waals surface area contributed by atoms with E-state index in [1.165, 1.54) is 22.5 Å². The molecule has 26 heavy (non-hydrogen) atoms. The molecule has 0 spiro atoms. The summed E-state index contributed by atoms with van der Waals surface area (Å²) in [5.41, 5.74) is 6.71. The van der Waals surface area contributed by atoms with E-state index in [-0.39, 0.29) is 0 Å². The van der Waals surface area contributed by atoms with Crippen LogP contribution in [0.1, 0.15) is 21.6 Å². The number of rotatable bonds is 4. The summed E-state index contributed by atoms with van der Waals surface area (Å²) in [6.07, 6.45) is 0.886. The summed E-state index contributed by atoms with van der Waals surface area (Å²) in [6, 6.07) is 13.9. The maximum atomic E-state index is 11.9. The summed E-state index contributed by atoms with van der Waals surface area (Å²) in [7, 11) is 1.63. The molecule has 0 aliphatic rings. The number of thiazole rings is 1. The highest BCUT2D eigenvalue weighted by Gasteiger charge is 2.18. The normalized spacial score (nSPS) is 11.0. The quantitative estimate of drug-likeness (QED) is 0.471. The lowest BCUT2D eigenvalue weighted by Crippen LogP contribution is -1.95. The van der Waals surface area contributed by atoms with Crippen molar-refractivity contribution in [2.24, 2.45) is 0 Å². The van der Waals surface area contributed by atoms with Gasteiger partial charge in [0.1, 0.15) is 17.1 Å². The zero-order valence-electron chi connectivity index (χ0n) is 14.8. The fourth-order valence-corrected chi connectivity index (χ4v) is 3.96. The minimum Gasteiger partial charge on any atom is -0.497 e. The van der Waals surface area contributed by atoms with Gasteiger partial charge in [-0.05, 0) is 60.9 Å². The molecule has 0 amide bonds. The Labute approximate surface area is 155 Å². The monoisotopic (exact) mass is 362 g/mol. The number of carbonyl (C=O) groups is 1. The maximum absolute atomic E-state index is 11.9. The van der Waals surface area contributed by atoms with Crippen LogP contribution in [0.5, 0.6) is 5.75 Å². The summed E-state index contributed by atoms with van der Waals surface area (Å²) in [5, 5.41) is 2.05. The number of aromatic nitrogens is 2. The number of ether oxygens (including phenoxy) is 1. The molecule has 4 nitrogen and oxygen atoms in total. The van der Waals surface area contributed by atoms with Crippen LogP contribution in [0.2, 0.25) is 0 Å². The van der Waals surface area contributed by atoms with E-state index in [0.717, 1.165) is 33.8 Å². The van der Waals surface area contributed by atoms with Crippen molar-refractivity contribution in [2.75, 3.05) is 7.11 Å². The number of aldehydes is 1. The molecule has 2 heterocycles. The average Bonchev–Trinajstić information content (AvgIpc) is 3.23. The minimum atomic E-state index is 0.569. The van der Waals surface area contributed by atoms with Crippen LogP contribution in [0, 0.1) is 13.8 Å². The van der Waals surface area contributed by atoms with Gasteiger partial charge in [-0.3, -0.25) is 9.20 Å². The second kappa shape index (κ2) is 6.42. The standard InChI is InChI=1S/C21H18N2O2S/c1-13-4-5-16(10-14(13)2)19-12-26-21-22-20(18(11-24)23(19)21)15-6-8-17(25-3)9-7-15/h4-12H,1-3H3. The van der Waals surface area contributed by atoms with Crippen molar-refractivity contribution in [3.05, 3.63) is 64.7 Å². The molecule has 0 saturated carbocycles. The van der Waals surface area contributed by atoms with Gasteiger partial charge in [0, 0.05) is 10.9 Å². The highest BCUT2D eigenvalue weighted by molar-refractivity contribution is 7.15. The van der Waals surface area contributed by atoms with E-state index in [1.807, 2.05) is 28.7 Å². The minimum absolute atomic E-state index is 0.569. The molecule has 130 valence electrons. The summed E-state index contributed by atoms with van der Waals surface area (Å²) >= 11 is 1.54. The first-order valence-electron chi connectivity index (χ1n) is 8.29. The van der Waals surface area contributed by atoms with Crippen LogP contribution >= 0.6 is 11.3 Å². The molecule has 4 rings (SSSR count). The number of hydrogen-bond donors (Lipinski definition) is 0. The Bertz CT molecular complexity index is 1110. The Balaban J connectivity index is 1.90. The van der Waals surface area contributed by atoms with E-state index in [4.69, 9.17) is 9.72 Å². The number of fused-ring (bicyclic) bond motifs is 1. The molecule has 4 aromatic rings. The van der Waals surface area contributed by atoms with Crippen molar-refractivity contribution in [1.82, 2.24) is 9.38 Å². The predicted octanol–water partition coefficient (Wildman–Crippen LogP) is 5.17. The molecular formula is C21H18N2O2S. The van der Waals surface area contributed by atoms with Crippen LogP contribution in [-0.2, 0) is 0 Å². The lowest BCUT2D eigenvalue weighted by atomic mass is 10.0. The van der Waals surface area contributed by atoms with Gasteiger partial charge in [0.05, 0.1) is 12.8 Å². The van der Waals surface area contributed by atoms with E-state index < -0.39 is 0 Å². The van der Waals surface area contributed by atoms with Gasteiger partial charge in [0.2, 0.25) is 0 Å². The number of imidazole rings is 1. The SMILES string of the molecule is COc1ccc(-c2nc3scc(-c4ccc(C)c(C)c4)n3c2C=O)cc1. The van der Waals surface area contributed by atoms with Crippen molar-refractivity contribution >= 4 is 22.6 Å². The Morgan fingerprint density at radius 1 is 1.04 bits per heavy atom. The largest absolute Gasteiger partial charge is 0.497 e. The zero-order valence-corrected chi connectivity index (χ0v) is 15.6. The molecule has 0 fully saturated rings. The van der Waals surface area contributed by atoms with Crippen LogP contribution < -0.4 is 4.74 Å². The molecule has 0 aliphatic heterocycles. The van der Waals surface area contributed by atoms with Crippen LogP contribution in [0.25, 0.3) is 27.5 Å². The summed E-state index contributed by atoms with van der Waals surface area (Å²) < 4.78 is 7.16. The molecule has 0 bridgehead atoms. The average molecular weight is 362 g/mol. The number of benzene rings is 2. The van der Waals surface area contributed by atoms with Gasteiger partial charge < -0.3 is 4.74 Å². The van der Waals surface area contributed by atoms with Gasteiger partial charge in [0.15, 0.2) is 11.2 Å². The number of methoxy groups -OCH3 is 1. The number of carbonyl (C=O) groups excluding carboxylic acids is 1. The smallest absolute Gasteiger partial charge is 0.195 e. The van der Waals surface area contributed by atoms with Crippen LogP contribution in [0.3, 0.4) is 0 Å². The van der Waals surface area contributed by atoms with E-state index in [9.17, 15) is 4.79 Å². The maximum Gasteiger partial charge on any atom is 0.195 e. The Morgan fingerprint density at radius 2 is 1.77 bits per heavy atom. The summed E-state index contributed by atoms with van der Waals surface area (Å²) in [4.78, 5) is 17.4. The van der Waals surface area contributed by atoms with Gasteiger partial charge in [0.25, 0.3) is 0 Å². The van der Waals surface area contributed by atoms with Crippen LogP contribution in [-0.4, -0.2) is 22.8 Å². The Morgan fingerprint density at radius 3 is 2.42 bits per heavy atom. The summed E-state index contributed by atoms with van der Waals surface area (Å²) in [6.45, 7) is 4.19. The topological polar surface area (TPSA) is 43.6 Å². The van der Waals surface area contributed by atoms with E-state index in [0.29, 0.717) is 11.4 Å². The lowest BCUT2D eigenvalue weighted by Gasteiger charge is -2.06. The third-order valence-corrected chi connectivity index (χ3v) is 5.50. The first-order valence-corrected chi connectivity index (χ1v) is 9.17. The fraction of sp³-hybridized carbons (Fsp3) is 0.143. The molecule has 0 radical (unpaired) electrons. The fourth-order valence-electron chi connectivity index (χ4n) is 3.05. The molecular weight excluding hydrogens is 344 g/mol. The van der Waals surface area contributed by atoms with Crippen molar-refractivity contribution < 1.29 is 9.53 Å². The van der Waals surface area contributed by atoms with Gasteiger partial charge in [-0.2, -0.15) is 0 Å². The first-order chi connectivity index (χ1) is 12.6. The molecule has 0 saturated heterocycles. The van der Waals surface area contributed by atoms with E-state index in [2.05, 4.69) is 37.4 Å². The first kappa shape index (κ1) is 16.5. The highest BCUT2D eigenvalue weighted by atomic mass is 32.1. The molecule has 0 unspecified atom stereocenters. The van der Waals surface area contributed by atoms with Gasteiger partial charge in [-0.25, -0.2) is 4.98 Å². The van der Waals surface area contributed by atoms with Crippen molar-refractivity contribution in [1.29, 1.82) is 0 Å². The third kappa shape index (κ3) is 2.61. The Kier molecular flexibility index (Phi) is 4.09. The second-order valence-electron chi connectivity index (χ2n) is 6.23. The molecule has 2 aromatic heterocycles. The van der Waals surface area contributed by atoms with Crippen molar-refractivity contribution in [2.45, 2.75) is 13.8 Å². The van der Waals surface area contributed by atoms with Crippen molar-refractivity contribution in [3.8, 4) is 28.3 Å². The van der Waals surface area contributed by atoms with Crippen LogP contribution in [0.15, 0.2) is 47.8 Å². The van der Waals surface area contributed by atoms with Gasteiger partial charge in [-0.15, -0.1) is 11.3 Å². The van der Waals surface area contributed by atoms with E-state index in [1.54, 1.807) is 7.11 Å².